The second-order valence-electron chi connectivity index (χ2n) is 10.6. The molecule has 1 atom stereocenters. The number of hydrogen-bond donors (Lipinski definition) is 3. The summed E-state index contributed by atoms with van der Waals surface area (Å²) in [6.07, 6.45) is 0.209. The normalized spacial score (nSPS) is 11.7. The lowest BCUT2D eigenvalue weighted by molar-refractivity contribution is -0.128. The molecule has 230 valence electrons. The van der Waals surface area contributed by atoms with Crippen LogP contribution in [0.5, 0.6) is 11.5 Å². The Morgan fingerprint density at radius 1 is 1.00 bits per heavy atom. The molecule has 0 fully saturated rings. The zero-order valence-corrected chi connectivity index (χ0v) is 25.6. The number of benzene rings is 2. The van der Waals surface area contributed by atoms with Crippen LogP contribution in [0, 0.1) is 6.92 Å². The Kier molecular flexibility index (Phi) is 10.9. The highest BCUT2D eigenvalue weighted by molar-refractivity contribution is 6.04. The highest BCUT2D eigenvalue weighted by atomic mass is 16.5. The summed E-state index contributed by atoms with van der Waals surface area (Å²) in [5.41, 5.74) is 0.665. The Morgan fingerprint density at radius 2 is 1.70 bits per heavy atom. The van der Waals surface area contributed by atoms with E-state index < -0.39 is 29.3 Å². The number of methoxy groups -OCH3 is 2. The molecule has 0 aliphatic heterocycles. The van der Waals surface area contributed by atoms with Gasteiger partial charge in [0.2, 0.25) is 23.6 Å². The number of nitrogens with zero attached hydrogens (tertiary/aromatic N) is 2. The second-order valence-corrected chi connectivity index (χ2v) is 10.6. The van der Waals surface area contributed by atoms with E-state index in [1.54, 1.807) is 55.5 Å². The molecule has 0 radical (unpaired) electrons. The van der Waals surface area contributed by atoms with Crippen LogP contribution in [0.4, 0.5) is 17.2 Å². The van der Waals surface area contributed by atoms with Gasteiger partial charge in [-0.3, -0.25) is 24.1 Å². The van der Waals surface area contributed by atoms with Crippen molar-refractivity contribution in [3.05, 3.63) is 59.9 Å². The summed E-state index contributed by atoms with van der Waals surface area (Å²) in [4.78, 5) is 53.8. The van der Waals surface area contributed by atoms with Crippen molar-refractivity contribution in [3.63, 3.8) is 0 Å². The van der Waals surface area contributed by atoms with E-state index >= 15 is 0 Å². The molecule has 2 aromatic carbocycles. The Balaban J connectivity index is 2.10. The number of nitrogens with one attached hydrogen (secondary N) is 3. The maximum atomic E-state index is 14.1. The number of ether oxygens (including phenoxy) is 2. The maximum Gasteiger partial charge on any atom is 0.248 e. The molecule has 1 heterocycles. The Bertz CT molecular complexity index is 1450. The van der Waals surface area contributed by atoms with Crippen LogP contribution in [0.3, 0.4) is 0 Å². The minimum Gasteiger partial charge on any atom is -0.493 e. The third-order valence-corrected chi connectivity index (χ3v) is 6.78. The molecule has 0 spiro atoms. The van der Waals surface area contributed by atoms with Gasteiger partial charge >= 0.3 is 0 Å². The maximum absolute atomic E-state index is 14.1. The summed E-state index contributed by atoms with van der Waals surface area (Å²) in [7, 11) is 2.94. The molecule has 3 rings (SSSR count). The van der Waals surface area contributed by atoms with Gasteiger partial charge in [0.25, 0.3) is 0 Å². The Labute approximate surface area is 251 Å². The van der Waals surface area contributed by atoms with E-state index in [-0.39, 0.29) is 30.3 Å². The average Bonchev–Trinajstić information content (AvgIpc) is 3.38. The van der Waals surface area contributed by atoms with Crippen LogP contribution in [0.1, 0.15) is 64.3 Å². The van der Waals surface area contributed by atoms with Crippen molar-refractivity contribution in [3.8, 4) is 11.5 Å². The molecule has 4 amide bonds. The summed E-state index contributed by atoms with van der Waals surface area (Å²) in [5.74, 6) is -0.242. The molecule has 3 aromatic rings. The average molecular weight is 594 g/mol. The fraction of sp³-hybridized carbons (Fsp3) is 0.387. The standard InChI is InChI=1S/C31H39N5O7/c1-8-31(4,5)34-30(40)28(23-10-9-11-24(41-6)29(23)42-7)36(22-14-12-21(13-15-22)32-20(3)37)27(39)17-16-26(38)33-25-18-19(2)43-35-25/h9-15,18,28H,8,16-17H2,1-7H3,(H,32,37)(H,34,40)(H,33,35,38)/t28-/m0/s1. The molecule has 0 bridgehead atoms. The van der Waals surface area contributed by atoms with Crippen LogP contribution in [-0.4, -0.2) is 48.5 Å². The first kappa shape index (κ1) is 32.6. The van der Waals surface area contributed by atoms with Crippen molar-refractivity contribution >= 4 is 40.8 Å². The smallest absolute Gasteiger partial charge is 0.248 e. The van der Waals surface area contributed by atoms with Crippen molar-refractivity contribution in [1.29, 1.82) is 0 Å². The molecular formula is C31H39N5O7. The fourth-order valence-corrected chi connectivity index (χ4v) is 4.33. The van der Waals surface area contributed by atoms with E-state index in [0.717, 1.165) is 0 Å². The molecule has 0 saturated carbocycles. The van der Waals surface area contributed by atoms with Crippen LogP contribution in [0.25, 0.3) is 0 Å². The number of para-hydroxylation sites is 1. The van der Waals surface area contributed by atoms with Crippen molar-refractivity contribution in [2.75, 3.05) is 29.8 Å². The lowest BCUT2D eigenvalue weighted by Gasteiger charge is -2.35. The van der Waals surface area contributed by atoms with E-state index in [9.17, 15) is 19.2 Å². The molecular weight excluding hydrogens is 554 g/mol. The van der Waals surface area contributed by atoms with E-state index in [2.05, 4.69) is 21.1 Å². The van der Waals surface area contributed by atoms with Gasteiger partial charge in [-0.15, -0.1) is 0 Å². The number of hydrogen-bond acceptors (Lipinski definition) is 8. The first-order chi connectivity index (χ1) is 20.4. The monoisotopic (exact) mass is 593 g/mol. The highest BCUT2D eigenvalue weighted by Gasteiger charge is 2.37. The molecule has 3 N–H and O–H groups in total. The quantitative estimate of drug-likeness (QED) is 0.257. The Hall–Kier alpha value is -4.87. The molecule has 1 aromatic heterocycles. The van der Waals surface area contributed by atoms with E-state index in [4.69, 9.17) is 14.0 Å². The lowest BCUT2D eigenvalue weighted by Crippen LogP contribution is -2.50. The van der Waals surface area contributed by atoms with E-state index in [1.807, 2.05) is 20.8 Å². The van der Waals surface area contributed by atoms with Gasteiger partial charge in [-0.1, -0.05) is 24.2 Å². The fourth-order valence-electron chi connectivity index (χ4n) is 4.33. The van der Waals surface area contributed by atoms with Crippen LogP contribution in [0.2, 0.25) is 0 Å². The van der Waals surface area contributed by atoms with Gasteiger partial charge in [-0.05, 0) is 57.5 Å². The van der Waals surface area contributed by atoms with Crippen LogP contribution in [0.15, 0.2) is 53.1 Å². The molecule has 0 saturated heterocycles. The summed E-state index contributed by atoms with van der Waals surface area (Å²) in [6.45, 7) is 8.80. The molecule has 0 unspecified atom stereocenters. The zero-order chi connectivity index (χ0) is 31.7. The van der Waals surface area contributed by atoms with Crippen LogP contribution in [-0.2, 0) is 19.2 Å². The number of aromatic nitrogens is 1. The van der Waals surface area contributed by atoms with Crippen molar-refractivity contribution in [1.82, 2.24) is 10.5 Å². The summed E-state index contributed by atoms with van der Waals surface area (Å²) >= 11 is 0. The predicted molar refractivity (Wildman–Crippen MR) is 162 cm³/mol. The number of carbonyl (C=O) groups is 4. The summed E-state index contributed by atoms with van der Waals surface area (Å²) in [5, 5.41) is 12.1. The topological polar surface area (TPSA) is 152 Å². The molecule has 0 aliphatic rings. The van der Waals surface area contributed by atoms with Gasteiger partial charge < -0.3 is 29.9 Å². The van der Waals surface area contributed by atoms with Gasteiger partial charge in [0.05, 0.1) is 14.2 Å². The third-order valence-electron chi connectivity index (χ3n) is 6.78. The predicted octanol–water partition coefficient (Wildman–Crippen LogP) is 4.76. The molecule has 12 nitrogen and oxygen atoms in total. The van der Waals surface area contributed by atoms with Crippen molar-refractivity contribution in [2.24, 2.45) is 0 Å². The SMILES string of the molecule is CCC(C)(C)NC(=O)[C@H](c1cccc(OC)c1OC)N(C(=O)CCC(=O)Nc1cc(C)on1)c1ccc(NC(C)=O)cc1. The minimum absolute atomic E-state index is 0.185. The number of carbonyl (C=O) groups excluding carboxylic acids is 4. The van der Waals surface area contributed by atoms with Crippen molar-refractivity contribution < 1.29 is 33.2 Å². The first-order valence-corrected chi connectivity index (χ1v) is 13.8. The van der Waals surface area contributed by atoms with E-state index in [0.29, 0.717) is 34.9 Å². The van der Waals surface area contributed by atoms with Crippen LogP contribution >= 0.6 is 0 Å². The van der Waals surface area contributed by atoms with Crippen LogP contribution < -0.4 is 30.3 Å². The molecule has 0 aliphatic carbocycles. The second kappa shape index (κ2) is 14.3. The minimum atomic E-state index is -1.21. The van der Waals surface area contributed by atoms with Gasteiger partial charge in [-0.25, -0.2) is 0 Å². The first-order valence-electron chi connectivity index (χ1n) is 13.8. The Morgan fingerprint density at radius 3 is 2.26 bits per heavy atom. The lowest BCUT2D eigenvalue weighted by atomic mass is 9.97. The summed E-state index contributed by atoms with van der Waals surface area (Å²) in [6, 6.07) is 11.9. The van der Waals surface area contributed by atoms with Gasteiger partial charge in [0, 0.05) is 48.3 Å². The zero-order valence-electron chi connectivity index (χ0n) is 25.6. The number of aryl methyl sites for hydroxylation is 1. The van der Waals surface area contributed by atoms with Gasteiger partial charge in [0.15, 0.2) is 17.3 Å². The number of amides is 4. The summed E-state index contributed by atoms with van der Waals surface area (Å²) < 4.78 is 16.2. The number of rotatable bonds is 13. The molecule has 43 heavy (non-hydrogen) atoms. The highest BCUT2D eigenvalue weighted by Crippen LogP contribution is 2.40. The van der Waals surface area contributed by atoms with Gasteiger partial charge in [0.1, 0.15) is 11.8 Å². The van der Waals surface area contributed by atoms with Crippen molar-refractivity contribution in [2.45, 2.75) is 65.5 Å². The largest absolute Gasteiger partial charge is 0.493 e. The third kappa shape index (κ3) is 8.57. The number of anilines is 3. The van der Waals surface area contributed by atoms with Gasteiger partial charge in [-0.2, -0.15) is 0 Å². The van der Waals surface area contributed by atoms with E-state index in [1.165, 1.54) is 26.0 Å². The molecule has 12 heteroatoms.